The maximum Gasteiger partial charge on any atom is 0.329 e. The van der Waals surface area contributed by atoms with E-state index < -0.39 is 11.2 Å². The van der Waals surface area contributed by atoms with Gasteiger partial charge in [-0.1, -0.05) is 60.7 Å². The number of carbonyl (C=O) groups excluding carboxylic acids is 1. The Morgan fingerprint density at radius 2 is 1.66 bits per heavy atom. The standard InChI is InChI=1S/C25H24N4O3/c1-2-29-22-21(23(30)27-25(29)32)15-20(16-26-22)24(31)28(17-19-11-7-4-8-12-19)14-13-18-9-5-3-6-10-18/h3-12,15-16H,2,13-14,17H2,1H3,(H,27,30,32). The first-order valence-electron chi connectivity index (χ1n) is 10.6. The molecule has 0 atom stereocenters. The van der Waals surface area contributed by atoms with Crippen molar-refractivity contribution in [1.29, 1.82) is 0 Å². The van der Waals surface area contributed by atoms with Crippen LogP contribution in [0.4, 0.5) is 0 Å². The number of aromatic nitrogens is 3. The normalized spacial score (nSPS) is 10.9. The Bertz CT molecular complexity index is 1340. The van der Waals surface area contributed by atoms with E-state index in [0.717, 1.165) is 11.1 Å². The molecule has 0 bridgehead atoms. The van der Waals surface area contributed by atoms with E-state index in [1.807, 2.05) is 60.7 Å². The van der Waals surface area contributed by atoms with E-state index >= 15 is 0 Å². The summed E-state index contributed by atoms with van der Waals surface area (Å²) in [6.07, 6.45) is 2.15. The minimum atomic E-state index is -0.546. The van der Waals surface area contributed by atoms with Crippen LogP contribution in [0.2, 0.25) is 0 Å². The van der Waals surface area contributed by atoms with Gasteiger partial charge in [-0.2, -0.15) is 0 Å². The van der Waals surface area contributed by atoms with Crippen LogP contribution in [0.15, 0.2) is 82.5 Å². The Morgan fingerprint density at radius 3 is 2.31 bits per heavy atom. The van der Waals surface area contributed by atoms with Crippen molar-refractivity contribution in [2.45, 2.75) is 26.4 Å². The van der Waals surface area contributed by atoms with Gasteiger partial charge in [0.2, 0.25) is 0 Å². The van der Waals surface area contributed by atoms with E-state index in [0.29, 0.717) is 31.6 Å². The van der Waals surface area contributed by atoms with Crippen molar-refractivity contribution in [3.8, 4) is 0 Å². The number of aromatic amines is 1. The fraction of sp³-hybridized carbons (Fsp3) is 0.200. The number of H-pyrrole nitrogens is 1. The molecule has 0 fully saturated rings. The lowest BCUT2D eigenvalue weighted by molar-refractivity contribution is 0.0745. The van der Waals surface area contributed by atoms with Gasteiger partial charge in [0.05, 0.1) is 10.9 Å². The topological polar surface area (TPSA) is 88.1 Å². The third-order valence-electron chi connectivity index (χ3n) is 5.41. The molecule has 1 N–H and O–H groups in total. The maximum atomic E-state index is 13.5. The zero-order chi connectivity index (χ0) is 22.5. The summed E-state index contributed by atoms with van der Waals surface area (Å²) in [5.41, 5.74) is 1.68. The lowest BCUT2D eigenvalue weighted by Crippen LogP contribution is -2.33. The molecule has 7 heteroatoms. The summed E-state index contributed by atoms with van der Waals surface area (Å²) >= 11 is 0. The quantitative estimate of drug-likeness (QED) is 0.490. The first kappa shape index (κ1) is 21.2. The van der Waals surface area contributed by atoms with Gasteiger partial charge in [0.25, 0.3) is 11.5 Å². The van der Waals surface area contributed by atoms with E-state index in [-0.39, 0.29) is 16.9 Å². The molecular formula is C25H24N4O3. The summed E-state index contributed by atoms with van der Waals surface area (Å²) in [6, 6.07) is 21.3. The minimum Gasteiger partial charge on any atom is -0.334 e. The smallest absolute Gasteiger partial charge is 0.329 e. The molecule has 32 heavy (non-hydrogen) atoms. The second-order valence-corrected chi connectivity index (χ2v) is 7.55. The Kier molecular flexibility index (Phi) is 6.26. The summed E-state index contributed by atoms with van der Waals surface area (Å²) in [6.45, 7) is 3.12. The van der Waals surface area contributed by atoms with Crippen molar-refractivity contribution in [2.24, 2.45) is 0 Å². The van der Waals surface area contributed by atoms with E-state index in [1.165, 1.54) is 16.8 Å². The molecule has 0 radical (unpaired) electrons. The van der Waals surface area contributed by atoms with Gasteiger partial charge in [-0.3, -0.25) is 19.1 Å². The van der Waals surface area contributed by atoms with Crippen LogP contribution < -0.4 is 11.2 Å². The van der Waals surface area contributed by atoms with Gasteiger partial charge in [0.1, 0.15) is 5.65 Å². The minimum absolute atomic E-state index is 0.215. The molecule has 2 aromatic heterocycles. The van der Waals surface area contributed by atoms with Gasteiger partial charge in [-0.15, -0.1) is 0 Å². The molecule has 0 aliphatic carbocycles. The maximum absolute atomic E-state index is 13.5. The van der Waals surface area contributed by atoms with Crippen LogP contribution in [0.5, 0.6) is 0 Å². The zero-order valence-corrected chi connectivity index (χ0v) is 17.8. The fourth-order valence-electron chi connectivity index (χ4n) is 3.73. The Morgan fingerprint density at radius 1 is 1.00 bits per heavy atom. The van der Waals surface area contributed by atoms with Crippen molar-refractivity contribution >= 4 is 16.9 Å². The second-order valence-electron chi connectivity index (χ2n) is 7.55. The molecule has 4 rings (SSSR count). The van der Waals surface area contributed by atoms with E-state index in [4.69, 9.17) is 0 Å². The first-order chi connectivity index (χ1) is 15.6. The molecule has 162 valence electrons. The van der Waals surface area contributed by atoms with Crippen LogP contribution in [0, 0.1) is 0 Å². The number of aryl methyl sites for hydroxylation is 1. The molecule has 0 saturated heterocycles. The Balaban J connectivity index is 1.68. The molecule has 4 aromatic rings. The fourth-order valence-corrected chi connectivity index (χ4v) is 3.73. The average molecular weight is 428 g/mol. The number of amides is 1. The summed E-state index contributed by atoms with van der Waals surface area (Å²) < 4.78 is 1.38. The molecule has 0 aliphatic rings. The van der Waals surface area contributed by atoms with Crippen molar-refractivity contribution in [3.05, 3.63) is 110 Å². The largest absolute Gasteiger partial charge is 0.334 e. The molecule has 0 spiro atoms. The highest BCUT2D eigenvalue weighted by molar-refractivity contribution is 5.96. The highest BCUT2D eigenvalue weighted by Crippen LogP contribution is 2.14. The number of rotatable bonds is 7. The van der Waals surface area contributed by atoms with Gasteiger partial charge in [-0.05, 0) is 30.5 Å². The number of hydrogen-bond acceptors (Lipinski definition) is 4. The van der Waals surface area contributed by atoms with Crippen molar-refractivity contribution < 1.29 is 4.79 Å². The van der Waals surface area contributed by atoms with Crippen LogP contribution >= 0.6 is 0 Å². The summed E-state index contributed by atoms with van der Waals surface area (Å²) in [5.74, 6) is -0.215. The lowest BCUT2D eigenvalue weighted by Gasteiger charge is -2.23. The highest BCUT2D eigenvalue weighted by Gasteiger charge is 2.19. The van der Waals surface area contributed by atoms with Crippen LogP contribution in [0.1, 0.15) is 28.4 Å². The number of nitrogens with one attached hydrogen (secondary N) is 1. The number of fused-ring (bicyclic) bond motifs is 1. The molecule has 7 nitrogen and oxygen atoms in total. The van der Waals surface area contributed by atoms with Gasteiger partial charge in [0, 0.05) is 25.8 Å². The highest BCUT2D eigenvalue weighted by atomic mass is 16.2. The Hall–Kier alpha value is -4.00. The van der Waals surface area contributed by atoms with Gasteiger partial charge < -0.3 is 4.90 Å². The van der Waals surface area contributed by atoms with Crippen LogP contribution in [-0.2, 0) is 19.5 Å². The predicted molar refractivity (Wildman–Crippen MR) is 124 cm³/mol. The van der Waals surface area contributed by atoms with Gasteiger partial charge in [0.15, 0.2) is 0 Å². The number of nitrogens with zero attached hydrogens (tertiary/aromatic N) is 3. The lowest BCUT2D eigenvalue weighted by atomic mass is 10.1. The number of benzene rings is 2. The Labute approximate surface area is 185 Å². The van der Waals surface area contributed by atoms with Gasteiger partial charge >= 0.3 is 5.69 Å². The third kappa shape index (κ3) is 4.51. The van der Waals surface area contributed by atoms with E-state index in [9.17, 15) is 14.4 Å². The molecule has 0 unspecified atom stereocenters. The number of carbonyl (C=O) groups is 1. The predicted octanol–water partition coefficient (Wildman–Crippen LogP) is 2.99. The van der Waals surface area contributed by atoms with Crippen LogP contribution in [0.3, 0.4) is 0 Å². The van der Waals surface area contributed by atoms with Crippen molar-refractivity contribution in [2.75, 3.05) is 6.54 Å². The zero-order valence-electron chi connectivity index (χ0n) is 17.8. The van der Waals surface area contributed by atoms with Crippen LogP contribution in [-0.4, -0.2) is 31.9 Å². The number of pyridine rings is 1. The second kappa shape index (κ2) is 9.43. The third-order valence-corrected chi connectivity index (χ3v) is 5.41. The molecule has 0 aliphatic heterocycles. The average Bonchev–Trinajstić information content (AvgIpc) is 2.82. The van der Waals surface area contributed by atoms with E-state index in [1.54, 1.807) is 11.8 Å². The summed E-state index contributed by atoms with van der Waals surface area (Å²) in [4.78, 5) is 46.2. The number of hydrogen-bond donors (Lipinski definition) is 1. The van der Waals surface area contributed by atoms with Crippen molar-refractivity contribution in [1.82, 2.24) is 19.4 Å². The van der Waals surface area contributed by atoms with Crippen LogP contribution in [0.25, 0.3) is 11.0 Å². The molecular weight excluding hydrogens is 404 g/mol. The van der Waals surface area contributed by atoms with Crippen molar-refractivity contribution in [3.63, 3.8) is 0 Å². The molecule has 2 heterocycles. The summed E-state index contributed by atoms with van der Waals surface area (Å²) in [7, 11) is 0. The van der Waals surface area contributed by atoms with Gasteiger partial charge in [-0.25, -0.2) is 9.78 Å². The summed E-state index contributed by atoms with van der Waals surface area (Å²) in [5, 5.41) is 0.222. The molecule has 2 aromatic carbocycles. The van der Waals surface area contributed by atoms with E-state index in [2.05, 4.69) is 9.97 Å². The monoisotopic (exact) mass is 428 g/mol. The first-order valence-corrected chi connectivity index (χ1v) is 10.6. The molecule has 0 saturated carbocycles. The SMILES string of the molecule is CCn1c(=O)[nH]c(=O)c2cc(C(=O)N(CCc3ccccc3)Cc3ccccc3)cnc21. The molecule has 1 amide bonds.